The van der Waals surface area contributed by atoms with Crippen molar-refractivity contribution < 1.29 is 14.8 Å². The number of hydrogen-bond acceptors (Lipinski definition) is 2. The summed E-state index contributed by atoms with van der Waals surface area (Å²) in [6.45, 7) is 6.52. The fourth-order valence-electron chi connectivity index (χ4n) is 2.47. The van der Waals surface area contributed by atoms with Crippen LogP contribution in [-0.4, -0.2) is 19.6 Å². The van der Waals surface area contributed by atoms with Crippen LogP contribution in [0.25, 0.3) is 0 Å². The molecule has 0 aliphatic carbocycles. The number of halogens is 1. The molecule has 0 unspecified atom stereocenters. The van der Waals surface area contributed by atoms with Crippen molar-refractivity contribution in [1.82, 2.24) is 0 Å². The second kappa shape index (κ2) is 8.31. The van der Waals surface area contributed by atoms with E-state index in [1.807, 2.05) is 55.6 Å². The number of rotatable bonds is 6. The van der Waals surface area contributed by atoms with Crippen molar-refractivity contribution >= 4 is 27.5 Å². The molecule has 0 radical (unpaired) electrons. The van der Waals surface area contributed by atoms with Crippen molar-refractivity contribution in [3.8, 4) is 5.75 Å². The Morgan fingerprint density at radius 1 is 1.29 bits per heavy atom. The minimum atomic E-state index is 0.00290. The summed E-state index contributed by atoms with van der Waals surface area (Å²) in [5.41, 5.74) is 4.31. The summed E-state index contributed by atoms with van der Waals surface area (Å²) in [4.78, 5) is 12.2. The van der Waals surface area contributed by atoms with E-state index in [4.69, 9.17) is 4.74 Å². The monoisotopic (exact) mass is 391 g/mol. The highest BCUT2D eigenvalue weighted by molar-refractivity contribution is 9.10. The van der Waals surface area contributed by atoms with Crippen LogP contribution in [0, 0.1) is 13.8 Å². The van der Waals surface area contributed by atoms with Crippen molar-refractivity contribution in [2.45, 2.75) is 26.8 Å². The Morgan fingerprint density at radius 2 is 2.04 bits per heavy atom. The van der Waals surface area contributed by atoms with Gasteiger partial charge in [0, 0.05) is 11.3 Å². The third-order valence-electron chi connectivity index (χ3n) is 4.24. The Bertz CT molecular complexity index is 731. The maximum Gasteiger partial charge on any atom is 0.279 e. The van der Waals surface area contributed by atoms with E-state index in [1.165, 1.54) is 5.56 Å². The Labute approximate surface area is 151 Å². The number of ether oxygens (including phenoxy) is 1. The normalized spacial score (nSPS) is 11.9. The van der Waals surface area contributed by atoms with Crippen LogP contribution in [-0.2, 0) is 4.79 Å². The van der Waals surface area contributed by atoms with Crippen molar-refractivity contribution in [2.24, 2.45) is 0 Å². The van der Waals surface area contributed by atoms with Gasteiger partial charge in [-0.25, -0.2) is 0 Å². The number of carbonyl (C=O) groups excluding carboxylic acids is 1. The van der Waals surface area contributed by atoms with Crippen LogP contribution in [0.5, 0.6) is 5.75 Å². The molecule has 0 fully saturated rings. The molecular formula is C19H24BrN2O2+. The molecular weight excluding hydrogens is 368 g/mol. The van der Waals surface area contributed by atoms with Gasteiger partial charge in [0.1, 0.15) is 11.8 Å². The van der Waals surface area contributed by atoms with E-state index in [0.29, 0.717) is 6.54 Å². The van der Waals surface area contributed by atoms with E-state index in [1.54, 1.807) is 7.11 Å². The molecule has 2 aromatic rings. The molecule has 0 bridgehead atoms. The highest BCUT2D eigenvalue weighted by Gasteiger charge is 2.14. The Kier molecular flexibility index (Phi) is 6.40. The highest BCUT2D eigenvalue weighted by Crippen LogP contribution is 2.27. The van der Waals surface area contributed by atoms with E-state index in [2.05, 4.69) is 28.2 Å². The number of amides is 1. The van der Waals surface area contributed by atoms with E-state index >= 15 is 0 Å². The topological polar surface area (TPSA) is 54.9 Å². The van der Waals surface area contributed by atoms with Crippen LogP contribution in [0.3, 0.4) is 0 Å². The van der Waals surface area contributed by atoms with Crippen molar-refractivity contribution in [1.29, 1.82) is 0 Å². The van der Waals surface area contributed by atoms with Crippen LogP contribution in [0.15, 0.2) is 40.9 Å². The van der Waals surface area contributed by atoms with Crippen LogP contribution < -0.4 is 15.4 Å². The second-order valence-electron chi connectivity index (χ2n) is 5.92. The number of benzene rings is 2. The fraction of sp³-hybridized carbons (Fsp3) is 0.316. The zero-order chi connectivity index (χ0) is 17.7. The van der Waals surface area contributed by atoms with Gasteiger partial charge in [-0.15, -0.1) is 0 Å². The number of methoxy groups -OCH3 is 1. The third-order valence-corrected chi connectivity index (χ3v) is 4.86. The van der Waals surface area contributed by atoms with Crippen molar-refractivity contribution in [2.75, 3.05) is 19.0 Å². The van der Waals surface area contributed by atoms with E-state index in [9.17, 15) is 4.79 Å². The van der Waals surface area contributed by atoms with Gasteiger partial charge in [-0.1, -0.05) is 12.1 Å². The van der Waals surface area contributed by atoms with Gasteiger partial charge >= 0.3 is 0 Å². The Morgan fingerprint density at radius 3 is 2.71 bits per heavy atom. The van der Waals surface area contributed by atoms with Crippen LogP contribution >= 0.6 is 15.9 Å². The van der Waals surface area contributed by atoms with E-state index < -0.39 is 0 Å². The minimum Gasteiger partial charge on any atom is -0.496 e. The van der Waals surface area contributed by atoms with Crippen molar-refractivity contribution in [3.63, 3.8) is 0 Å². The number of carbonyl (C=O) groups is 1. The smallest absolute Gasteiger partial charge is 0.279 e. The number of quaternary nitrogens is 1. The summed E-state index contributed by atoms with van der Waals surface area (Å²) in [6.07, 6.45) is 0. The summed E-state index contributed by atoms with van der Waals surface area (Å²) in [5, 5.41) is 5.01. The maximum absolute atomic E-state index is 12.2. The van der Waals surface area contributed by atoms with E-state index in [0.717, 1.165) is 27.0 Å². The van der Waals surface area contributed by atoms with Gasteiger partial charge in [0.15, 0.2) is 6.54 Å². The molecule has 2 rings (SSSR count). The number of nitrogens with two attached hydrogens (primary N) is 1. The standard InChI is InChI=1S/C19H23BrN2O2/c1-12-6-5-7-17(13(12)2)22-19(23)11-21-14(3)15-8-9-18(24-4)16(20)10-15/h5-10,14,21H,11H2,1-4H3,(H,22,23)/p+1/t14-/m0/s1. The molecule has 1 amide bonds. The summed E-state index contributed by atoms with van der Waals surface area (Å²) < 4.78 is 6.16. The summed E-state index contributed by atoms with van der Waals surface area (Å²) in [5.74, 6) is 0.807. The second-order valence-corrected chi connectivity index (χ2v) is 6.77. The lowest BCUT2D eigenvalue weighted by Gasteiger charge is -2.14. The quantitative estimate of drug-likeness (QED) is 0.793. The molecule has 128 valence electrons. The first kappa shape index (κ1) is 18.5. The molecule has 0 spiro atoms. The summed E-state index contributed by atoms with van der Waals surface area (Å²) in [7, 11) is 1.65. The first-order valence-corrected chi connectivity index (χ1v) is 8.74. The average molecular weight is 392 g/mol. The summed E-state index contributed by atoms with van der Waals surface area (Å²) in [6, 6.07) is 12.1. The Hall–Kier alpha value is -1.85. The van der Waals surface area contributed by atoms with Gasteiger partial charge in [0.05, 0.1) is 11.6 Å². The largest absolute Gasteiger partial charge is 0.496 e. The number of hydrogen-bond donors (Lipinski definition) is 2. The highest BCUT2D eigenvalue weighted by atomic mass is 79.9. The molecule has 2 aromatic carbocycles. The minimum absolute atomic E-state index is 0.00290. The third kappa shape index (κ3) is 4.58. The van der Waals surface area contributed by atoms with Crippen LogP contribution in [0.4, 0.5) is 5.69 Å². The lowest BCUT2D eigenvalue weighted by molar-refractivity contribution is -0.682. The number of nitrogens with one attached hydrogen (secondary N) is 1. The first-order valence-electron chi connectivity index (χ1n) is 7.95. The van der Waals surface area contributed by atoms with Crippen LogP contribution in [0.2, 0.25) is 0 Å². The molecule has 5 heteroatoms. The molecule has 0 heterocycles. The van der Waals surface area contributed by atoms with Gasteiger partial charge < -0.3 is 15.4 Å². The Balaban J connectivity index is 1.93. The SMILES string of the molecule is COc1ccc([C@H](C)[NH2+]CC(=O)Nc2cccc(C)c2C)cc1Br. The lowest BCUT2D eigenvalue weighted by atomic mass is 10.1. The molecule has 0 saturated carbocycles. The molecule has 0 aromatic heterocycles. The van der Waals surface area contributed by atoms with Crippen LogP contribution in [0.1, 0.15) is 29.7 Å². The maximum atomic E-state index is 12.2. The van der Waals surface area contributed by atoms with Gasteiger partial charge in [0.25, 0.3) is 5.91 Å². The average Bonchev–Trinajstić information content (AvgIpc) is 2.56. The van der Waals surface area contributed by atoms with Gasteiger partial charge in [0.2, 0.25) is 0 Å². The lowest BCUT2D eigenvalue weighted by Crippen LogP contribution is -2.86. The van der Waals surface area contributed by atoms with Gasteiger partial charge in [-0.2, -0.15) is 0 Å². The predicted octanol–water partition coefficient (Wildman–Crippen LogP) is 3.34. The first-order chi connectivity index (χ1) is 11.4. The zero-order valence-electron chi connectivity index (χ0n) is 14.5. The zero-order valence-corrected chi connectivity index (χ0v) is 16.1. The molecule has 0 aliphatic heterocycles. The van der Waals surface area contributed by atoms with Gasteiger partial charge in [-0.05, 0) is 72.1 Å². The molecule has 24 heavy (non-hydrogen) atoms. The van der Waals surface area contributed by atoms with Gasteiger partial charge in [-0.3, -0.25) is 4.79 Å². The fourth-order valence-corrected chi connectivity index (χ4v) is 3.03. The molecule has 1 atom stereocenters. The molecule has 0 saturated heterocycles. The molecule has 3 N–H and O–H groups in total. The van der Waals surface area contributed by atoms with E-state index in [-0.39, 0.29) is 11.9 Å². The molecule has 4 nitrogen and oxygen atoms in total. The predicted molar refractivity (Wildman–Crippen MR) is 100 cm³/mol. The number of aryl methyl sites for hydroxylation is 1. The number of anilines is 1. The summed E-state index contributed by atoms with van der Waals surface area (Å²) >= 11 is 3.50. The molecule has 0 aliphatic rings. The van der Waals surface area contributed by atoms with Crippen molar-refractivity contribution in [3.05, 3.63) is 57.6 Å².